The molecule has 0 aliphatic carbocycles. The standard InChI is InChI=1S/C16H27N3OS/c1-13(16(20)18-12-15-4-3-11-21-15)19-9-6-14(7-10-19)5-8-17-2/h3-4,11,13-14,17H,5-10,12H2,1-2H3,(H,18,20). The summed E-state index contributed by atoms with van der Waals surface area (Å²) in [5, 5.41) is 8.31. The van der Waals surface area contributed by atoms with Gasteiger partial charge in [-0.2, -0.15) is 0 Å². The largest absolute Gasteiger partial charge is 0.350 e. The molecule has 1 unspecified atom stereocenters. The quantitative estimate of drug-likeness (QED) is 0.810. The van der Waals surface area contributed by atoms with Gasteiger partial charge in [-0.3, -0.25) is 9.69 Å². The Balaban J connectivity index is 1.70. The molecule has 1 fully saturated rings. The summed E-state index contributed by atoms with van der Waals surface area (Å²) in [5.74, 6) is 0.965. The van der Waals surface area contributed by atoms with E-state index in [-0.39, 0.29) is 11.9 Å². The number of hydrogen-bond acceptors (Lipinski definition) is 4. The lowest BCUT2D eigenvalue weighted by Crippen LogP contribution is -2.48. The molecule has 0 bridgehead atoms. The van der Waals surface area contributed by atoms with Crippen LogP contribution in [-0.4, -0.2) is 43.5 Å². The third kappa shape index (κ3) is 5.09. The molecule has 0 aromatic carbocycles. The van der Waals surface area contributed by atoms with Crippen molar-refractivity contribution < 1.29 is 4.79 Å². The molecule has 1 aromatic heterocycles. The van der Waals surface area contributed by atoms with Crippen molar-refractivity contribution in [3.05, 3.63) is 22.4 Å². The second-order valence-electron chi connectivity index (χ2n) is 5.84. The topological polar surface area (TPSA) is 44.4 Å². The average Bonchev–Trinajstić information content (AvgIpc) is 3.04. The van der Waals surface area contributed by atoms with Gasteiger partial charge in [-0.1, -0.05) is 6.07 Å². The maximum Gasteiger partial charge on any atom is 0.237 e. The molecule has 1 atom stereocenters. The zero-order valence-corrected chi connectivity index (χ0v) is 13.9. The smallest absolute Gasteiger partial charge is 0.237 e. The van der Waals surface area contributed by atoms with Gasteiger partial charge in [0, 0.05) is 4.88 Å². The fraction of sp³-hybridized carbons (Fsp3) is 0.688. The highest BCUT2D eigenvalue weighted by molar-refractivity contribution is 7.09. The monoisotopic (exact) mass is 309 g/mol. The summed E-state index contributed by atoms with van der Waals surface area (Å²) in [5.41, 5.74) is 0. The molecule has 1 saturated heterocycles. The van der Waals surface area contributed by atoms with Crippen molar-refractivity contribution in [3.63, 3.8) is 0 Å². The van der Waals surface area contributed by atoms with Crippen LogP contribution < -0.4 is 10.6 Å². The number of nitrogens with one attached hydrogen (secondary N) is 2. The van der Waals surface area contributed by atoms with Crippen LogP contribution in [0.2, 0.25) is 0 Å². The molecule has 0 saturated carbocycles. The Morgan fingerprint density at radius 3 is 2.86 bits per heavy atom. The number of thiophene rings is 1. The fourth-order valence-electron chi connectivity index (χ4n) is 2.88. The van der Waals surface area contributed by atoms with Crippen LogP contribution in [0.4, 0.5) is 0 Å². The first kappa shape index (κ1) is 16.5. The molecule has 1 aliphatic heterocycles. The van der Waals surface area contributed by atoms with Crippen molar-refractivity contribution in [1.82, 2.24) is 15.5 Å². The van der Waals surface area contributed by atoms with Crippen molar-refractivity contribution in [2.45, 2.75) is 38.8 Å². The number of nitrogens with zero attached hydrogens (tertiary/aromatic N) is 1. The van der Waals surface area contributed by atoms with Gasteiger partial charge >= 0.3 is 0 Å². The highest BCUT2D eigenvalue weighted by atomic mass is 32.1. The number of carbonyl (C=O) groups is 1. The molecule has 0 spiro atoms. The van der Waals surface area contributed by atoms with E-state index in [9.17, 15) is 4.79 Å². The Morgan fingerprint density at radius 1 is 1.48 bits per heavy atom. The van der Waals surface area contributed by atoms with Crippen LogP contribution in [0, 0.1) is 5.92 Å². The van der Waals surface area contributed by atoms with Crippen molar-refractivity contribution in [2.75, 3.05) is 26.7 Å². The summed E-state index contributed by atoms with van der Waals surface area (Å²) >= 11 is 1.69. The zero-order valence-electron chi connectivity index (χ0n) is 13.1. The Hall–Kier alpha value is -0.910. The Labute approximate surface area is 131 Å². The molecule has 4 nitrogen and oxygen atoms in total. The number of amides is 1. The predicted octanol–water partition coefficient (Wildman–Crippen LogP) is 2.07. The minimum atomic E-state index is -0.0183. The van der Waals surface area contributed by atoms with Gasteiger partial charge in [-0.15, -0.1) is 11.3 Å². The fourth-order valence-corrected chi connectivity index (χ4v) is 3.52. The van der Waals surface area contributed by atoms with Crippen molar-refractivity contribution in [1.29, 1.82) is 0 Å². The van der Waals surface area contributed by atoms with E-state index in [1.807, 2.05) is 25.4 Å². The van der Waals surface area contributed by atoms with Crippen LogP contribution >= 0.6 is 11.3 Å². The third-order valence-electron chi connectivity index (χ3n) is 4.40. The molecule has 2 heterocycles. The summed E-state index contributed by atoms with van der Waals surface area (Å²) in [6.45, 7) is 5.86. The molecule has 2 N–H and O–H groups in total. The molecule has 1 amide bonds. The van der Waals surface area contributed by atoms with Crippen molar-refractivity contribution in [2.24, 2.45) is 5.92 Å². The van der Waals surface area contributed by atoms with Gasteiger partial charge in [0.05, 0.1) is 12.6 Å². The van der Waals surface area contributed by atoms with E-state index in [0.717, 1.165) is 25.6 Å². The SMILES string of the molecule is CNCCC1CCN(C(C)C(=O)NCc2cccs2)CC1. The number of hydrogen-bond donors (Lipinski definition) is 2. The first-order valence-corrected chi connectivity index (χ1v) is 8.77. The van der Waals surface area contributed by atoms with Crippen LogP contribution in [-0.2, 0) is 11.3 Å². The molecule has 118 valence electrons. The molecule has 21 heavy (non-hydrogen) atoms. The highest BCUT2D eigenvalue weighted by Crippen LogP contribution is 2.21. The lowest BCUT2D eigenvalue weighted by Gasteiger charge is -2.35. The Morgan fingerprint density at radius 2 is 2.24 bits per heavy atom. The van der Waals surface area contributed by atoms with E-state index < -0.39 is 0 Å². The molecule has 0 radical (unpaired) electrons. The third-order valence-corrected chi connectivity index (χ3v) is 5.27. The van der Waals surface area contributed by atoms with E-state index in [1.54, 1.807) is 11.3 Å². The van der Waals surface area contributed by atoms with Crippen LogP contribution in [0.3, 0.4) is 0 Å². The maximum absolute atomic E-state index is 12.2. The van der Waals surface area contributed by atoms with Gasteiger partial charge in [0.15, 0.2) is 0 Å². The number of carbonyl (C=O) groups excluding carboxylic acids is 1. The zero-order chi connectivity index (χ0) is 15.1. The maximum atomic E-state index is 12.2. The van der Waals surface area contributed by atoms with Gasteiger partial charge in [0.2, 0.25) is 5.91 Å². The second-order valence-corrected chi connectivity index (χ2v) is 6.88. The van der Waals surface area contributed by atoms with E-state index in [2.05, 4.69) is 21.6 Å². The minimum absolute atomic E-state index is 0.0183. The predicted molar refractivity (Wildman–Crippen MR) is 88.5 cm³/mol. The molecular formula is C16H27N3OS. The van der Waals surface area contributed by atoms with Crippen molar-refractivity contribution in [3.8, 4) is 0 Å². The second kappa shape index (κ2) is 8.51. The number of piperidine rings is 1. The normalized spacial score (nSPS) is 18.6. The van der Waals surface area contributed by atoms with E-state index in [0.29, 0.717) is 6.54 Å². The van der Waals surface area contributed by atoms with Gasteiger partial charge in [-0.25, -0.2) is 0 Å². The molecule has 5 heteroatoms. The Kier molecular flexibility index (Phi) is 6.67. The summed E-state index contributed by atoms with van der Waals surface area (Å²) in [4.78, 5) is 15.8. The summed E-state index contributed by atoms with van der Waals surface area (Å²) < 4.78 is 0. The van der Waals surface area contributed by atoms with Crippen molar-refractivity contribution >= 4 is 17.2 Å². The lowest BCUT2D eigenvalue weighted by atomic mass is 9.93. The van der Waals surface area contributed by atoms with E-state index in [1.165, 1.54) is 24.1 Å². The summed E-state index contributed by atoms with van der Waals surface area (Å²) in [6.07, 6.45) is 3.68. The lowest BCUT2D eigenvalue weighted by molar-refractivity contribution is -0.126. The van der Waals surface area contributed by atoms with E-state index >= 15 is 0 Å². The number of likely N-dealkylation sites (tertiary alicyclic amines) is 1. The first-order valence-electron chi connectivity index (χ1n) is 7.89. The van der Waals surface area contributed by atoms with Crippen LogP contribution in [0.15, 0.2) is 17.5 Å². The van der Waals surface area contributed by atoms with Gasteiger partial charge in [0.1, 0.15) is 0 Å². The van der Waals surface area contributed by atoms with E-state index in [4.69, 9.17) is 0 Å². The van der Waals surface area contributed by atoms with Crippen LogP contribution in [0.1, 0.15) is 31.1 Å². The molecular weight excluding hydrogens is 282 g/mol. The molecule has 1 aromatic rings. The first-order chi connectivity index (χ1) is 10.2. The summed E-state index contributed by atoms with van der Waals surface area (Å²) in [6, 6.07) is 4.06. The van der Waals surface area contributed by atoms with Gasteiger partial charge in [0.25, 0.3) is 0 Å². The van der Waals surface area contributed by atoms with Crippen LogP contribution in [0.25, 0.3) is 0 Å². The average molecular weight is 309 g/mol. The number of rotatable bonds is 7. The minimum Gasteiger partial charge on any atom is -0.350 e. The van der Waals surface area contributed by atoms with Crippen LogP contribution in [0.5, 0.6) is 0 Å². The Bertz CT molecular complexity index is 413. The molecule has 2 rings (SSSR count). The van der Waals surface area contributed by atoms with Gasteiger partial charge in [-0.05, 0) is 70.2 Å². The highest BCUT2D eigenvalue weighted by Gasteiger charge is 2.26. The molecule has 1 aliphatic rings. The van der Waals surface area contributed by atoms with Gasteiger partial charge < -0.3 is 10.6 Å². The summed E-state index contributed by atoms with van der Waals surface area (Å²) in [7, 11) is 2.01.